The van der Waals surface area contributed by atoms with Gasteiger partial charge >= 0.3 is 17.1 Å². The van der Waals surface area contributed by atoms with Gasteiger partial charge in [-0.3, -0.25) is 0 Å². The third-order valence-electron chi connectivity index (χ3n) is 0.907. The van der Waals surface area contributed by atoms with Gasteiger partial charge in [-0.15, -0.1) is 6.08 Å². The Balaban J connectivity index is -0.0000000941. The number of hydrogen-bond donors (Lipinski definition) is 1. The van der Waals surface area contributed by atoms with E-state index in [0.717, 1.165) is 5.57 Å². The average Bonchev–Trinajstić information content (AvgIpc) is 2.08. The molecule has 13 heavy (non-hydrogen) atoms. The van der Waals surface area contributed by atoms with Crippen molar-refractivity contribution in [2.24, 2.45) is 5.73 Å². The van der Waals surface area contributed by atoms with Gasteiger partial charge in [0.15, 0.2) is 0 Å². The molecule has 3 heteroatoms. The Hall–Kier alpha value is 0.228. The Bertz CT molecular complexity index is 137. The van der Waals surface area contributed by atoms with Gasteiger partial charge < -0.3 is 5.73 Å². The summed E-state index contributed by atoms with van der Waals surface area (Å²) < 4.78 is 0. The number of rotatable bonds is 2. The molecule has 0 bridgehead atoms. The van der Waals surface area contributed by atoms with Gasteiger partial charge in [0, 0.05) is 21.1 Å². The fourth-order valence-electron chi connectivity index (χ4n) is 0.503. The Kier molecular flexibility index (Phi) is 40.7. The zero-order valence-electron chi connectivity index (χ0n) is 8.50. The van der Waals surface area contributed by atoms with Crippen LogP contribution in [0.15, 0.2) is 30.0 Å². The summed E-state index contributed by atoms with van der Waals surface area (Å²) >= 11 is 0. The topological polar surface area (TPSA) is 26.0 Å². The van der Waals surface area contributed by atoms with Crippen molar-refractivity contribution in [2.75, 3.05) is 0 Å². The van der Waals surface area contributed by atoms with Crippen LogP contribution in [-0.4, -0.2) is 0 Å². The Labute approximate surface area is 107 Å². The Morgan fingerprint density at radius 1 is 1.23 bits per heavy atom. The van der Waals surface area contributed by atoms with Gasteiger partial charge in [0.05, 0.1) is 0 Å². The molecule has 0 heterocycles. The smallest absolute Gasteiger partial charge is 0.415 e. The molecular weight excluding hydrogens is 393 g/mol. The fourth-order valence-corrected chi connectivity index (χ4v) is 0.503. The van der Waals surface area contributed by atoms with E-state index in [0.29, 0.717) is 0 Å². The second kappa shape index (κ2) is 22.8. The van der Waals surface area contributed by atoms with E-state index in [-0.39, 0.29) is 38.1 Å². The zero-order chi connectivity index (χ0) is 9.11. The van der Waals surface area contributed by atoms with Gasteiger partial charge in [-0.1, -0.05) is 33.9 Å². The van der Waals surface area contributed by atoms with Crippen LogP contribution in [0.1, 0.15) is 27.7 Å². The maximum Gasteiger partial charge on any atom is 1.00 e. The SMILES string of the molecule is C/C=C\C([C-]=CN)=C/C.CC.[Cu+].[Pt]. The molecule has 0 aliphatic heterocycles. The molecule has 0 aliphatic rings. The minimum Gasteiger partial charge on any atom is -0.415 e. The summed E-state index contributed by atoms with van der Waals surface area (Å²) in [7, 11) is 0. The van der Waals surface area contributed by atoms with Crippen molar-refractivity contribution in [3.8, 4) is 0 Å². The van der Waals surface area contributed by atoms with E-state index >= 15 is 0 Å². The third kappa shape index (κ3) is 18.9. The molecule has 0 aromatic rings. The summed E-state index contributed by atoms with van der Waals surface area (Å²) in [5.41, 5.74) is 6.14. The van der Waals surface area contributed by atoms with E-state index in [1.807, 2.05) is 45.9 Å². The van der Waals surface area contributed by atoms with Crippen molar-refractivity contribution in [3.05, 3.63) is 36.1 Å². The molecule has 0 aromatic carbocycles. The van der Waals surface area contributed by atoms with Crippen LogP contribution in [0, 0.1) is 6.08 Å². The van der Waals surface area contributed by atoms with Crippen LogP contribution in [0.4, 0.5) is 0 Å². The molecule has 0 saturated heterocycles. The van der Waals surface area contributed by atoms with Crippen molar-refractivity contribution in [2.45, 2.75) is 27.7 Å². The molecular formula is C10H18CuNPt. The second-order valence-corrected chi connectivity index (χ2v) is 1.56. The molecule has 84 valence electrons. The maximum absolute atomic E-state index is 5.12. The third-order valence-corrected chi connectivity index (χ3v) is 0.907. The largest absolute Gasteiger partial charge is 1.00 e. The van der Waals surface area contributed by atoms with Gasteiger partial charge in [-0.25, -0.2) is 0 Å². The van der Waals surface area contributed by atoms with E-state index in [1.165, 1.54) is 6.20 Å². The summed E-state index contributed by atoms with van der Waals surface area (Å²) in [5, 5.41) is 0. The van der Waals surface area contributed by atoms with Crippen LogP contribution < -0.4 is 5.73 Å². The maximum atomic E-state index is 5.12. The van der Waals surface area contributed by atoms with Crippen molar-refractivity contribution in [1.29, 1.82) is 0 Å². The van der Waals surface area contributed by atoms with Crippen molar-refractivity contribution >= 4 is 0 Å². The van der Waals surface area contributed by atoms with Crippen LogP contribution in [-0.2, 0) is 38.1 Å². The van der Waals surface area contributed by atoms with Gasteiger partial charge in [0.1, 0.15) is 0 Å². The predicted molar refractivity (Wildman–Crippen MR) is 51.9 cm³/mol. The quantitative estimate of drug-likeness (QED) is 0.423. The summed E-state index contributed by atoms with van der Waals surface area (Å²) in [6.07, 6.45) is 10.1. The molecule has 2 N–H and O–H groups in total. The summed E-state index contributed by atoms with van der Waals surface area (Å²) in [6, 6.07) is 0. The summed E-state index contributed by atoms with van der Waals surface area (Å²) in [6.45, 7) is 7.91. The minimum atomic E-state index is 0. The van der Waals surface area contributed by atoms with Crippen LogP contribution in [0.25, 0.3) is 0 Å². The van der Waals surface area contributed by atoms with Gasteiger partial charge in [-0.05, 0) is 0 Å². The summed E-state index contributed by atoms with van der Waals surface area (Å²) in [5.74, 6) is 0. The molecule has 0 rings (SSSR count). The van der Waals surface area contributed by atoms with Gasteiger partial charge in [0.25, 0.3) is 0 Å². The first-order valence-corrected chi connectivity index (χ1v) is 3.94. The van der Waals surface area contributed by atoms with E-state index in [9.17, 15) is 0 Å². The molecule has 0 unspecified atom stereocenters. The van der Waals surface area contributed by atoms with E-state index in [4.69, 9.17) is 5.73 Å². The second-order valence-electron chi connectivity index (χ2n) is 1.56. The van der Waals surface area contributed by atoms with Gasteiger partial charge in [-0.2, -0.15) is 23.8 Å². The molecule has 0 fully saturated rings. The monoisotopic (exact) mass is 410 g/mol. The summed E-state index contributed by atoms with van der Waals surface area (Å²) in [4.78, 5) is 0. The van der Waals surface area contributed by atoms with Crippen LogP contribution in [0.5, 0.6) is 0 Å². The molecule has 0 spiro atoms. The van der Waals surface area contributed by atoms with Crippen molar-refractivity contribution in [1.82, 2.24) is 0 Å². The van der Waals surface area contributed by atoms with E-state index < -0.39 is 0 Å². The standard InChI is InChI=1S/C8H12N.C2H6.Cu.Pt/c1-3-5-8(4-2)6-7-9;1-2;;/h3-5,7H,9H2,1-2H3;1-2H3;;/q-1;;+1;/b5-3-,8-4+;;;. The zero-order valence-corrected chi connectivity index (χ0v) is 11.7. The Morgan fingerprint density at radius 2 is 1.69 bits per heavy atom. The molecule has 0 atom stereocenters. The van der Waals surface area contributed by atoms with Crippen molar-refractivity contribution < 1.29 is 38.1 Å². The Morgan fingerprint density at radius 3 is 1.92 bits per heavy atom. The first-order valence-electron chi connectivity index (χ1n) is 3.94. The molecule has 1 nitrogen and oxygen atoms in total. The predicted octanol–water partition coefficient (Wildman–Crippen LogP) is 2.81. The molecule has 0 aliphatic carbocycles. The molecule has 0 saturated carbocycles. The van der Waals surface area contributed by atoms with E-state index in [1.54, 1.807) is 0 Å². The molecule has 0 radical (unpaired) electrons. The average molecular weight is 411 g/mol. The van der Waals surface area contributed by atoms with Gasteiger partial charge in [0.2, 0.25) is 0 Å². The number of allylic oxidation sites excluding steroid dienone is 5. The molecule has 0 amide bonds. The number of nitrogens with two attached hydrogens (primary N) is 1. The van der Waals surface area contributed by atoms with Crippen LogP contribution >= 0.6 is 0 Å². The number of hydrogen-bond acceptors (Lipinski definition) is 1. The van der Waals surface area contributed by atoms with E-state index in [2.05, 4.69) is 6.08 Å². The minimum absolute atomic E-state index is 0. The van der Waals surface area contributed by atoms with Crippen LogP contribution in [0.2, 0.25) is 0 Å². The first-order chi connectivity index (χ1) is 5.35. The first kappa shape index (κ1) is 23.2. The fraction of sp³-hybridized carbons (Fsp3) is 0.400. The molecule has 0 aromatic heterocycles. The van der Waals surface area contributed by atoms with Crippen molar-refractivity contribution in [3.63, 3.8) is 0 Å². The van der Waals surface area contributed by atoms with Crippen LogP contribution in [0.3, 0.4) is 0 Å². The normalized spacial score (nSPS) is 10.0.